The van der Waals surface area contributed by atoms with Crippen LogP contribution in [0.25, 0.3) is 0 Å². The number of anilines is 1. The lowest BCUT2D eigenvalue weighted by molar-refractivity contribution is -0.120. The van der Waals surface area contributed by atoms with Crippen LogP contribution in [-0.2, 0) is 9.53 Å². The van der Waals surface area contributed by atoms with E-state index < -0.39 is 0 Å². The van der Waals surface area contributed by atoms with E-state index in [9.17, 15) is 4.79 Å². The van der Waals surface area contributed by atoms with Crippen molar-refractivity contribution in [1.82, 2.24) is 5.32 Å². The third-order valence-electron chi connectivity index (χ3n) is 3.07. The van der Waals surface area contributed by atoms with Crippen LogP contribution in [0.4, 0.5) is 5.69 Å². The van der Waals surface area contributed by atoms with Gasteiger partial charge in [0.05, 0.1) is 29.8 Å². The van der Waals surface area contributed by atoms with Gasteiger partial charge in [-0.1, -0.05) is 18.5 Å². The van der Waals surface area contributed by atoms with Crippen molar-refractivity contribution in [2.45, 2.75) is 13.0 Å². The average molecular weight is 395 g/mol. The van der Waals surface area contributed by atoms with Crippen LogP contribution in [-0.4, -0.2) is 31.7 Å². The molecule has 104 valence electrons. The molecule has 1 fully saturated rings. The standard InChI is InChI=1S/C13H16ClIN2O2/c1-2-16-12-7-19-6-9(12)13(18)17-11-4-3-8(15)5-10(11)14/h3-5,9,12,16H,2,6-7H2,1H3,(H,17,18). The summed E-state index contributed by atoms with van der Waals surface area (Å²) in [5.41, 5.74) is 0.647. The maximum Gasteiger partial charge on any atom is 0.231 e. The molecular formula is C13H16ClIN2O2. The number of nitrogens with one attached hydrogen (secondary N) is 2. The Hall–Kier alpha value is -0.370. The van der Waals surface area contributed by atoms with E-state index in [1.54, 1.807) is 0 Å². The molecule has 1 heterocycles. The normalized spacial score (nSPS) is 22.5. The van der Waals surface area contributed by atoms with Gasteiger partial charge in [-0.2, -0.15) is 0 Å². The Morgan fingerprint density at radius 1 is 1.53 bits per heavy atom. The minimum absolute atomic E-state index is 0.0495. The SMILES string of the molecule is CCNC1COCC1C(=O)Nc1ccc(I)cc1Cl. The van der Waals surface area contributed by atoms with E-state index in [0.29, 0.717) is 23.9 Å². The minimum Gasteiger partial charge on any atom is -0.379 e. The van der Waals surface area contributed by atoms with E-state index in [1.165, 1.54) is 0 Å². The van der Waals surface area contributed by atoms with Crippen molar-refractivity contribution in [3.63, 3.8) is 0 Å². The second-order valence-corrected chi connectivity index (χ2v) is 6.07. The van der Waals surface area contributed by atoms with Crippen molar-refractivity contribution < 1.29 is 9.53 Å². The number of carbonyl (C=O) groups excluding carboxylic acids is 1. The highest BCUT2D eigenvalue weighted by Crippen LogP contribution is 2.25. The van der Waals surface area contributed by atoms with Crippen molar-refractivity contribution in [3.05, 3.63) is 26.8 Å². The number of hydrogen-bond donors (Lipinski definition) is 2. The van der Waals surface area contributed by atoms with Crippen LogP contribution in [0.15, 0.2) is 18.2 Å². The summed E-state index contributed by atoms with van der Waals surface area (Å²) in [5, 5.41) is 6.69. The number of hydrogen-bond acceptors (Lipinski definition) is 3. The number of benzene rings is 1. The van der Waals surface area contributed by atoms with Crippen LogP contribution in [0, 0.1) is 9.49 Å². The highest BCUT2D eigenvalue weighted by molar-refractivity contribution is 14.1. The Morgan fingerprint density at radius 2 is 2.32 bits per heavy atom. The Balaban J connectivity index is 2.04. The molecule has 1 saturated heterocycles. The summed E-state index contributed by atoms with van der Waals surface area (Å²) in [6.45, 7) is 3.86. The van der Waals surface area contributed by atoms with Gasteiger partial charge in [-0.3, -0.25) is 4.79 Å². The van der Waals surface area contributed by atoms with Gasteiger partial charge in [-0.15, -0.1) is 0 Å². The van der Waals surface area contributed by atoms with Gasteiger partial charge in [0.15, 0.2) is 0 Å². The molecule has 1 aromatic carbocycles. The van der Waals surface area contributed by atoms with Gasteiger partial charge in [0.25, 0.3) is 0 Å². The third kappa shape index (κ3) is 3.81. The largest absolute Gasteiger partial charge is 0.379 e. The Morgan fingerprint density at radius 3 is 3.00 bits per heavy atom. The monoisotopic (exact) mass is 394 g/mol. The third-order valence-corrected chi connectivity index (χ3v) is 4.06. The first-order valence-electron chi connectivity index (χ1n) is 6.19. The molecule has 0 aromatic heterocycles. The summed E-state index contributed by atoms with van der Waals surface area (Å²) in [5.74, 6) is -0.221. The van der Waals surface area contributed by atoms with E-state index in [4.69, 9.17) is 16.3 Å². The molecular weight excluding hydrogens is 379 g/mol. The van der Waals surface area contributed by atoms with Gasteiger partial charge in [0.1, 0.15) is 0 Å². The van der Waals surface area contributed by atoms with Crippen molar-refractivity contribution in [2.75, 3.05) is 25.1 Å². The summed E-state index contributed by atoms with van der Waals surface area (Å²) >= 11 is 8.29. The molecule has 6 heteroatoms. The lowest BCUT2D eigenvalue weighted by Crippen LogP contribution is -2.41. The molecule has 4 nitrogen and oxygen atoms in total. The summed E-state index contributed by atoms with van der Waals surface area (Å²) < 4.78 is 6.41. The molecule has 1 aliphatic rings. The van der Waals surface area contributed by atoms with Gasteiger partial charge in [-0.05, 0) is 47.3 Å². The van der Waals surface area contributed by atoms with E-state index in [-0.39, 0.29) is 17.9 Å². The number of amides is 1. The highest BCUT2D eigenvalue weighted by atomic mass is 127. The lowest BCUT2D eigenvalue weighted by Gasteiger charge is -2.18. The Bertz CT molecular complexity index is 470. The zero-order chi connectivity index (χ0) is 13.8. The van der Waals surface area contributed by atoms with Gasteiger partial charge in [0.2, 0.25) is 5.91 Å². The Labute approximate surface area is 131 Å². The topological polar surface area (TPSA) is 50.4 Å². The van der Waals surface area contributed by atoms with Crippen LogP contribution in [0.2, 0.25) is 5.02 Å². The summed E-state index contributed by atoms with van der Waals surface area (Å²) in [7, 11) is 0. The zero-order valence-corrected chi connectivity index (χ0v) is 13.5. The summed E-state index contributed by atoms with van der Waals surface area (Å²) in [6, 6.07) is 5.63. The zero-order valence-electron chi connectivity index (χ0n) is 10.6. The predicted molar refractivity (Wildman–Crippen MR) is 84.6 cm³/mol. The fourth-order valence-corrected chi connectivity index (χ4v) is 3.00. The molecule has 2 unspecified atom stereocenters. The van der Waals surface area contributed by atoms with Crippen LogP contribution < -0.4 is 10.6 Å². The lowest BCUT2D eigenvalue weighted by atomic mass is 10.0. The highest BCUT2D eigenvalue weighted by Gasteiger charge is 2.33. The molecule has 0 radical (unpaired) electrons. The number of carbonyl (C=O) groups is 1. The number of ether oxygens (including phenoxy) is 1. The molecule has 0 aliphatic carbocycles. The number of rotatable bonds is 4. The van der Waals surface area contributed by atoms with Crippen LogP contribution in [0.3, 0.4) is 0 Å². The van der Waals surface area contributed by atoms with Crippen molar-refractivity contribution in [2.24, 2.45) is 5.92 Å². The molecule has 19 heavy (non-hydrogen) atoms. The molecule has 2 atom stereocenters. The first kappa shape index (κ1) is 15.0. The molecule has 1 aliphatic heterocycles. The van der Waals surface area contributed by atoms with Crippen molar-refractivity contribution in [3.8, 4) is 0 Å². The first-order chi connectivity index (χ1) is 9.11. The predicted octanol–water partition coefficient (Wildman–Crippen LogP) is 2.51. The Kier molecular flexibility index (Phi) is 5.44. The van der Waals surface area contributed by atoms with Gasteiger partial charge in [-0.25, -0.2) is 0 Å². The average Bonchev–Trinajstić information content (AvgIpc) is 2.81. The number of halogens is 2. The maximum atomic E-state index is 12.2. The minimum atomic E-state index is -0.171. The number of likely N-dealkylation sites (N-methyl/N-ethyl adjacent to an activating group) is 1. The van der Waals surface area contributed by atoms with E-state index in [1.807, 2.05) is 25.1 Å². The molecule has 1 amide bonds. The van der Waals surface area contributed by atoms with Crippen LogP contribution >= 0.6 is 34.2 Å². The van der Waals surface area contributed by atoms with Gasteiger partial charge < -0.3 is 15.4 Å². The summed E-state index contributed by atoms with van der Waals surface area (Å²) in [4.78, 5) is 12.2. The molecule has 1 aromatic rings. The quantitative estimate of drug-likeness (QED) is 0.772. The maximum absolute atomic E-state index is 12.2. The second kappa shape index (κ2) is 6.88. The fourth-order valence-electron chi connectivity index (χ4n) is 2.09. The molecule has 0 saturated carbocycles. The first-order valence-corrected chi connectivity index (χ1v) is 7.64. The van der Waals surface area contributed by atoms with E-state index in [2.05, 4.69) is 33.2 Å². The smallest absolute Gasteiger partial charge is 0.231 e. The van der Waals surface area contributed by atoms with E-state index in [0.717, 1.165) is 10.1 Å². The summed E-state index contributed by atoms with van der Waals surface area (Å²) in [6.07, 6.45) is 0. The molecule has 2 rings (SSSR count). The van der Waals surface area contributed by atoms with Crippen LogP contribution in [0.5, 0.6) is 0 Å². The van der Waals surface area contributed by atoms with Gasteiger partial charge >= 0.3 is 0 Å². The van der Waals surface area contributed by atoms with Crippen LogP contribution in [0.1, 0.15) is 6.92 Å². The van der Waals surface area contributed by atoms with Gasteiger partial charge in [0, 0.05) is 9.61 Å². The van der Waals surface area contributed by atoms with E-state index >= 15 is 0 Å². The fraction of sp³-hybridized carbons (Fsp3) is 0.462. The van der Waals surface area contributed by atoms with Crippen molar-refractivity contribution in [1.29, 1.82) is 0 Å². The second-order valence-electron chi connectivity index (χ2n) is 4.42. The molecule has 2 N–H and O–H groups in total. The molecule has 0 spiro atoms. The molecule has 0 bridgehead atoms. The van der Waals surface area contributed by atoms with Crippen molar-refractivity contribution >= 4 is 45.8 Å².